The van der Waals surface area contributed by atoms with Gasteiger partial charge in [0.1, 0.15) is 5.75 Å². The third-order valence-corrected chi connectivity index (χ3v) is 1.14. The number of nitrogens with zero attached hydrogens (tertiary/aromatic N) is 1. The van der Waals surface area contributed by atoms with Crippen LogP contribution in [-0.4, -0.2) is 11.3 Å². The van der Waals surface area contributed by atoms with Gasteiger partial charge in [0.2, 0.25) is 0 Å². The molecule has 10 heavy (non-hydrogen) atoms. The predicted octanol–water partition coefficient (Wildman–Crippen LogP) is 1.01. The smallest absolute Gasteiger partial charge is 0.124 e. The predicted molar refractivity (Wildman–Crippen MR) is 38.8 cm³/mol. The molecule has 1 aromatic carbocycles. The van der Waals surface area contributed by atoms with Gasteiger partial charge in [0, 0.05) is 5.56 Å². The molecule has 0 bridgehead atoms. The van der Waals surface area contributed by atoms with Gasteiger partial charge in [-0.05, 0) is 12.1 Å². The highest BCUT2D eigenvalue weighted by atomic mass is 16.3. The molecule has 0 aliphatic carbocycles. The number of benzene rings is 1. The second-order valence-electron chi connectivity index (χ2n) is 1.82. The third kappa shape index (κ3) is 1.25. The van der Waals surface area contributed by atoms with Crippen LogP contribution in [0.5, 0.6) is 5.75 Å². The normalized spacial score (nSPS) is 10.4. The Kier molecular flexibility index (Phi) is 1.89. The summed E-state index contributed by atoms with van der Waals surface area (Å²) >= 11 is 0. The lowest BCUT2D eigenvalue weighted by Gasteiger charge is -1.93. The maximum absolute atomic E-state index is 9.07. The first-order chi connectivity index (χ1) is 4.84. The second kappa shape index (κ2) is 2.87. The first kappa shape index (κ1) is 6.61. The van der Waals surface area contributed by atoms with Crippen LogP contribution in [0, 0.1) is 0 Å². The molecule has 0 heterocycles. The molecule has 0 amide bonds. The van der Waals surface area contributed by atoms with Crippen LogP contribution < -0.4 is 5.84 Å². The lowest BCUT2D eigenvalue weighted by atomic mass is 10.2. The molecule has 3 heteroatoms. The first-order valence-electron chi connectivity index (χ1n) is 2.82. The fourth-order valence-corrected chi connectivity index (χ4v) is 0.666. The van der Waals surface area contributed by atoms with Crippen LogP contribution in [0.25, 0.3) is 0 Å². The average molecular weight is 135 g/mol. The maximum atomic E-state index is 9.07. The molecule has 3 nitrogen and oxygen atoms in total. The zero-order valence-corrected chi connectivity index (χ0v) is 5.28. The molecule has 0 saturated heterocycles. The number of nitrogens with one attached hydrogen (secondary N) is 1. The van der Waals surface area contributed by atoms with Crippen LogP contribution >= 0.6 is 0 Å². The lowest BCUT2D eigenvalue weighted by molar-refractivity contribution is 0.474. The molecule has 1 radical (unpaired) electrons. The zero-order chi connectivity index (χ0) is 7.40. The molecule has 0 saturated carbocycles. The Morgan fingerprint density at radius 2 is 2.10 bits per heavy atom. The van der Waals surface area contributed by atoms with Gasteiger partial charge >= 0.3 is 0 Å². The van der Waals surface area contributed by atoms with Crippen molar-refractivity contribution in [1.82, 2.24) is 5.84 Å². The Morgan fingerprint density at radius 1 is 1.40 bits per heavy atom. The summed E-state index contributed by atoms with van der Waals surface area (Å²) in [5.41, 5.74) is 0.567. The molecular formula is C7H7N2O. The lowest BCUT2D eigenvalue weighted by Crippen LogP contribution is -1.80. The highest BCUT2D eigenvalue weighted by Gasteiger charge is 1.92. The maximum Gasteiger partial charge on any atom is 0.124 e. The van der Waals surface area contributed by atoms with E-state index < -0.39 is 0 Å². The summed E-state index contributed by atoms with van der Waals surface area (Å²) in [6, 6.07) is 6.73. The van der Waals surface area contributed by atoms with E-state index in [0.717, 1.165) is 0 Å². The number of aromatic hydroxyl groups is 1. The Balaban J connectivity index is 3.03. The Labute approximate surface area is 58.8 Å². The molecule has 0 aliphatic rings. The van der Waals surface area contributed by atoms with Gasteiger partial charge in [-0.15, -0.1) is 0 Å². The van der Waals surface area contributed by atoms with Crippen molar-refractivity contribution in [2.75, 3.05) is 0 Å². The van der Waals surface area contributed by atoms with Gasteiger partial charge in [0.15, 0.2) is 0 Å². The van der Waals surface area contributed by atoms with E-state index >= 15 is 0 Å². The minimum absolute atomic E-state index is 0.151. The second-order valence-corrected chi connectivity index (χ2v) is 1.82. The van der Waals surface area contributed by atoms with Gasteiger partial charge in [0.05, 0.1) is 6.21 Å². The van der Waals surface area contributed by atoms with Crippen LogP contribution in [0.2, 0.25) is 0 Å². The summed E-state index contributed by atoms with van der Waals surface area (Å²) < 4.78 is 0. The van der Waals surface area contributed by atoms with Crippen LogP contribution in [-0.2, 0) is 0 Å². The molecule has 0 aromatic heterocycles. The van der Waals surface area contributed by atoms with Crippen LogP contribution in [0.4, 0.5) is 0 Å². The Hall–Kier alpha value is -1.51. The quantitative estimate of drug-likeness (QED) is 0.453. The molecule has 0 spiro atoms. The van der Waals surface area contributed by atoms with Crippen molar-refractivity contribution in [2.24, 2.45) is 5.10 Å². The van der Waals surface area contributed by atoms with Crippen molar-refractivity contribution in [2.45, 2.75) is 0 Å². The molecule has 2 N–H and O–H groups in total. The molecule has 0 atom stereocenters. The van der Waals surface area contributed by atoms with Crippen molar-refractivity contribution >= 4 is 6.21 Å². The summed E-state index contributed by atoms with van der Waals surface area (Å²) in [6.45, 7) is 0. The van der Waals surface area contributed by atoms with E-state index in [1.54, 1.807) is 24.3 Å². The molecule has 51 valence electrons. The summed E-state index contributed by atoms with van der Waals surface area (Å²) in [5.74, 6) is 6.65. The molecule has 0 fully saturated rings. The highest BCUT2D eigenvalue weighted by molar-refractivity contribution is 5.82. The molecule has 0 aliphatic heterocycles. The number of phenolic OH excluding ortho intramolecular Hbond substituents is 1. The van der Waals surface area contributed by atoms with E-state index in [0.29, 0.717) is 5.56 Å². The highest BCUT2D eigenvalue weighted by Crippen LogP contribution is 2.12. The summed E-state index contributed by atoms with van der Waals surface area (Å²) in [4.78, 5) is 0. The average Bonchev–Trinajstić information content (AvgIpc) is 1.94. The number of phenols is 1. The molecule has 1 aromatic rings. The SMILES string of the molecule is [NH]/N=C/c1ccccc1O. The number of rotatable bonds is 1. The van der Waals surface area contributed by atoms with Gasteiger partial charge in [-0.3, -0.25) is 0 Å². The largest absolute Gasteiger partial charge is 0.507 e. The Bertz CT molecular complexity index is 245. The topological polar surface area (TPSA) is 56.4 Å². The summed E-state index contributed by atoms with van der Waals surface area (Å²) in [6.07, 6.45) is 1.29. The fraction of sp³-hybridized carbons (Fsp3) is 0. The van der Waals surface area contributed by atoms with Crippen LogP contribution in [0.1, 0.15) is 5.56 Å². The zero-order valence-electron chi connectivity index (χ0n) is 5.28. The van der Waals surface area contributed by atoms with E-state index in [1.807, 2.05) is 0 Å². The summed E-state index contributed by atoms with van der Waals surface area (Å²) in [7, 11) is 0. The molecule has 0 unspecified atom stereocenters. The van der Waals surface area contributed by atoms with Gasteiger partial charge < -0.3 is 5.11 Å². The monoisotopic (exact) mass is 135 g/mol. The van der Waals surface area contributed by atoms with Crippen molar-refractivity contribution in [1.29, 1.82) is 0 Å². The first-order valence-corrected chi connectivity index (χ1v) is 2.82. The number of para-hydroxylation sites is 1. The molecule has 1 rings (SSSR count). The fourth-order valence-electron chi connectivity index (χ4n) is 0.666. The van der Waals surface area contributed by atoms with Crippen molar-refractivity contribution in [3.8, 4) is 5.75 Å². The van der Waals surface area contributed by atoms with Gasteiger partial charge in [-0.2, -0.15) is 5.10 Å². The van der Waals surface area contributed by atoms with E-state index in [1.165, 1.54) is 6.21 Å². The van der Waals surface area contributed by atoms with Crippen molar-refractivity contribution < 1.29 is 5.11 Å². The van der Waals surface area contributed by atoms with Gasteiger partial charge in [0.25, 0.3) is 0 Å². The number of hydrogen-bond donors (Lipinski definition) is 1. The third-order valence-electron chi connectivity index (χ3n) is 1.14. The van der Waals surface area contributed by atoms with E-state index in [2.05, 4.69) is 5.10 Å². The molecular weight excluding hydrogens is 128 g/mol. The minimum atomic E-state index is 0.151. The van der Waals surface area contributed by atoms with Crippen LogP contribution in [0.3, 0.4) is 0 Å². The van der Waals surface area contributed by atoms with Gasteiger partial charge in [-0.1, -0.05) is 12.1 Å². The summed E-state index contributed by atoms with van der Waals surface area (Å²) in [5, 5.41) is 12.1. The Morgan fingerprint density at radius 3 is 2.70 bits per heavy atom. The van der Waals surface area contributed by atoms with Gasteiger partial charge in [-0.25, -0.2) is 5.84 Å². The minimum Gasteiger partial charge on any atom is -0.507 e. The van der Waals surface area contributed by atoms with Crippen molar-refractivity contribution in [3.05, 3.63) is 29.8 Å². The van der Waals surface area contributed by atoms with E-state index in [-0.39, 0.29) is 5.75 Å². The van der Waals surface area contributed by atoms with Crippen LogP contribution in [0.15, 0.2) is 29.4 Å². The standard InChI is InChI=1S/C7H7N2O/c8-9-5-6-3-1-2-4-7(6)10/h1-5,8,10H/b9-5+. The van der Waals surface area contributed by atoms with E-state index in [4.69, 9.17) is 10.9 Å². The number of hydrogen-bond acceptors (Lipinski definition) is 2. The van der Waals surface area contributed by atoms with Crippen molar-refractivity contribution in [3.63, 3.8) is 0 Å². The van der Waals surface area contributed by atoms with E-state index in [9.17, 15) is 0 Å².